The van der Waals surface area contributed by atoms with Gasteiger partial charge in [-0.1, -0.05) is 97.1 Å². The molecule has 1 aromatic heterocycles. The van der Waals surface area contributed by atoms with E-state index < -0.39 is 0 Å². The topological polar surface area (TPSA) is 56.8 Å². The number of piperidine rings is 1. The molecule has 44 heavy (non-hydrogen) atoms. The normalized spacial score (nSPS) is 16.3. The molecule has 0 N–H and O–H groups in total. The first-order valence-corrected chi connectivity index (χ1v) is 15.6. The molecule has 0 atom stereocenters. The molecule has 2 fully saturated rings. The molecule has 6 heteroatoms. The number of hydrogen-bond donors (Lipinski definition) is 0. The number of piperazine rings is 1. The summed E-state index contributed by atoms with van der Waals surface area (Å²) in [5, 5.41) is 2.11. The van der Waals surface area contributed by atoms with Gasteiger partial charge in [0, 0.05) is 67.6 Å². The zero-order valence-electron chi connectivity index (χ0n) is 24.8. The summed E-state index contributed by atoms with van der Waals surface area (Å²) in [7, 11) is 0. The Bertz CT molecular complexity index is 1710. The Morgan fingerprint density at radius 2 is 1.11 bits per heavy atom. The van der Waals surface area contributed by atoms with Gasteiger partial charge >= 0.3 is 0 Å². The quantitative estimate of drug-likeness (QED) is 0.234. The van der Waals surface area contributed by atoms with Crippen LogP contribution < -0.4 is 0 Å². The fourth-order valence-electron chi connectivity index (χ4n) is 6.66. The lowest BCUT2D eigenvalue weighted by Crippen LogP contribution is -2.54. The van der Waals surface area contributed by atoms with Gasteiger partial charge in [0.2, 0.25) is 0 Å². The number of carbonyl (C=O) groups is 2. The molecule has 6 nitrogen and oxygen atoms in total. The van der Waals surface area contributed by atoms with Crippen molar-refractivity contribution in [2.45, 2.75) is 18.9 Å². The van der Waals surface area contributed by atoms with Crippen LogP contribution in [0.2, 0.25) is 0 Å². The summed E-state index contributed by atoms with van der Waals surface area (Å²) in [6, 6.07) is 38.5. The molecule has 0 saturated carbocycles. The third kappa shape index (κ3) is 5.73. The van der Waals surface area contributed by atoms with Crippen molar-refractivity contribution in [2.24, 2.45) is 0 Å². The highest BCUT2D eigenvalue weighted by atomic mass is 16.2. The van der Waals surface area contributed by atoms with E-state index in [1.165, 1.54) is 0 Å². The SMILES string of the molecule is O=C(c1cc(-c2ccccc2)nc(-c2ccccc2)c1)N1CCN(C2CCN(C(=O)c3cccc4ccccc34)CC2)CC1. The smallest absolute Gasteiger partial charge is 0.254 e. The van der Waals surface area contributed by atoms with Crippen molar-refractivity contribution < 1.29 is 9.59 Å². The molecule has 2 aliphatic heterocycles. The van der Waals surface area contributed by atoms with E-state index in [2.05, 4.69) is 17.0 Å². The molecule has 220 valence electrons. The van der Waals surface area contributed by atoms with E-state index in [0.717, 1.165) is 77.9 Å². The van der Waals surface area contributed by atoms with Gasteiger partial charge < -0.3 is 9.80 Å². The van der Waals surface area contributed by atoms with Gasteiger partial charge in [0.1, 0.15) is 0 Å². The minimum atomic E-state index is 0.0527. The van der Waals surface area contributed by atoms with Crippen molar-refractivity contribution in [2.75, 3.05) is 39.3 Å². The molecular formula is C38H36N4O2. The fraction of sp³-hybridized carbons (Fsp3) is 0.237. The Hall–Kier alpha value is -4.81. The molecule has 0 bridgehead atoms. The van der Waals surface area contributed by atoms with E-state index in [1.54, 1.807) is 0 Å². The number of nitrogens with zero attached hydrogens (tertiary/aromatic N) is 4. The van der Waals surface area contributed by atoms with Crippen LogP contribution in [0.5, 0.6) is 0 Å². The number of benzene rings is 4. The molecule has 4 aromatic carbocycles. The van der Waals surface area contributed by atoms with Crippen LogP contribution >= 0.6 is 0 Å². The summed E-state index contributed by atoms with van der Waals surface area (Å²) >= 11 is 0. The maximum Gasteiger partial charge on any atom is 0.254 e. The van der Waals surface area contributed by atoms with Gasteiger partial charge in [0.15, 0.2) is 0 Å². The average Bonchev–Trinajstić information content (AvgIpc) is 3.11. The number of rotatable bonds is 5. The van der Waals surface area contributed by atoms with Crippen molar-refractivity contribution in [3.63, 3.8) is 0 Å². The predicted molar refractivity (Wildman–Crippen MR) is 175 cm³/mol. The average molecular weight is 581 g/mol. The molecular weight excluding hydrogens is 544 g/mol. The highest BCUT2D eigenvalue weighted by Crippen LogP contribution is 2.27. The predicted octanol–water partition coefficient (Wildman–Crippen LogP) is 6.63. The van der Waals surface area contributed by atoms with Crippen molar-refractivity contribution in [3.8, 4) is 22.5 Å². The first kappa shape index (κ1) is 28.0. The third-order valence-electron chi connectivity index (χ3n) is 9.10. The van der Waals surface area contributed by atoms with Crippen LogP contribution in [-0.2, 0) is 0 Å². The molecule has 3 heterocycles. The van der Waals surface area contributed by atoms with Gasteiger partial charge in [0.05, 0.1) is 11.4 Å². The highest BCUT2D eigenvalue weighted by molar-refractivity contribution is 6.07. The zero-order chi connectivity index (χ0) is 29.9. The van der Waals surface area contributed by atoms with E-state index in [4.69, 9.17) is 4.98 Å². The molecule has 7 rings (SSSR count). The monoisotopic (exact) mass is 580 g/mol. The number of carbonyl (C=O) groups excluding carboxylic acids is 2. The number of hydrogen-bond acceptors (Lipinski definition) is 4. The Morgan fingerprint density at radius 3 is 1.75 bits per heavy atom. The van der Waals surface area contributed by atoms with Gasteiger partial charge in [-0.2, -0.15) is 0 Å². The maximum absolute atomic E-state index is 13.8. The Balaban J connectivity index is 1.00. The lowest BCUT2D eigenvalue weighted by atomic mass is 9.99. The van der Waals surface area contributed by atoms with Crippen molar-refractivity contribution in [1.82, 2.24) is 19.7 Å². The Morgan fingerprint density at radius 1 is 0.568 bits per heavy atom. The maximum atomic E-state index is 13.8. The summed E-state index contributed by atoms with van der Waals surface area (Å²) in [5.41, 5.74) is 5.06. The Kier molecular flexibility index (Phi) is 7.91. The molecule has 2 saturated heterocycles. The lowest BCUT2D eigenvalue weighted by Gasteiger charge is -2.42. The van der Waals surface area contributed by atoms with Gasteiger partial charge in [-0.05, 0) is 41.8 Å². The van der Waals surface area contributed by atoms with Crippen molar-refractivity contribution >= 4 is 22.6 Å². The number of amides is 2. The van der Waals surface area contributed by atoms with Crippen LogP contribution in [0.1, 0.15) is 33.6 Å². The van der Waals surface area contributed by atoms with Crippen LogP contribution in [0, 0.1) is 0 Å². The second-order valence-electron chi connectivity index (χ2n) is 11.7. The van der Waals surface area contributed by atoms with Crippen LogP contribution in [0.15, 0.2) is 115 Å². The van der Waals surface area contributed by atoms with E-state index in [-0.39, 0.29) is 11.8 Å². The Labute approximate surface area is 258 Å². The standard InChI is InChI=1S/C38H36N4O2/c43-37(31-26-35(29-11-3-1-4-12-29)39-36(27-31)30-13-5-2-6-14-30)42-24-22-40(23-25-42)32-18-20-41(21-19-32)38(44)34-17-9-15-28-10-7-8-16-33(28)34/h1-17,26-27,32H,18-25H2. The molecule has 5 aromatic rings. The van der Waals surface area contributed by atoms with Gasteiger partial charge in [-0.15, -0.1) is 0 Å². The second kappa shape index (κ2) is 12.4. The highest BCUT2D eigenvalue weighted by Gasteiger charge is 2.31. The summed E-state index contributed by atoms with van der Waals surface area (Å²) in [4.78, 5) is 38.7. The number of aromatic nitrogens is 1. The first-order valence-electron chi connectivity index (χ1n) is 15.6. The number of fused-ring (bicyclic) bond motifs is 1. The van der Waals surface area contributed by atoms with Crippen LogP contribution in [0.4, 0.5) is 0 Å². The van der Waals surface area contributed by atoms with Gasteiger partial charge in [-0.3, -0.25) is 14.5 Å². The summed E-state index contributed by atoms with van der Waals surface area (Å²) in [6.45, 7) is 4.59. The molecule has 0 aliphatic carbocycles. The zero-order valence-corrected chi connectivity index (χ0v) is 24.8. The van der Waals surface area contributed by atoms with Crippen molar-refractivity contribution in [3.05, 3.63) is 126 Å². The summed E-state index contributed by atoms with van der Waals surface area (Å²) < 4.78 is 0. The summed E-state index contributed by atoms with van der Waals surface area (Å²) in [5.74, 6) is 0.176. The van der Waals surface area contributed by atoms with Crippen molar-refractivity contribution in [1.29, 1.82) is 0 Å². The van der Waals surface area contributed by atoms with Crippen LogP contribution in [-0.4, -0.2) is 76.8 Å². The van der Waals surface area contributed by atoms with Crippen LogP contribution in [0.3, 0.4) is 0 Å². The van der Waals surface area contributed by atoms with Crippen LogP contribution in [0.25, 0.3) is 33.3 Å². The molecule has 0 radical (unpaired) electrons. The lowest BCUT2D eigenvalue weighted by molar-refractivity contribution is 0.0413. The number of pyridine rings is 1. The van der Waals surface area contributed by atoms with Gasteiger partial charge in [0.25, 0.3) is 11.8 Å². The van der Waals surface area contributed by atoms with E-state index >= 15 is 0 Å². The second-order valence-corrected chi connectivity index (χ2v) is 11.7. The van der Waals surface area contributed by atoms with E-state index in [0.29, 0.717) is 24.7 Å². The molecule has 2 amide bonds. The first-order chi connectivity index (χ1) is 21.6. The molecule has 0 spiro atoms. The molecule has 0 unspecified atom stereocenters. The fourth-order valence-corrected chi connectivity index (χ4v) is 6.66. The minimum Gasteiger partial charge on any atom is -0.339 e. The van der Waals surface area contributed by atoms with E-state index in [1.807, 2.05) is 113 Å². The minimum absolute atomic E-state index is 0.0527. The number of likely N-dealkylation sites (tertiary alicyclic amines) is 1. The summed E-state index contributed by atoms with van der Waals surface area (Å²) in [6.07, 6.45) is 1.91. The third-order valence-corrected chi connectivity index (χ3v) is 9.10. The van der Waals surface area contributed by atoms with E-state index in [9.17, 15) is 9.59 Å². The van der Waals surface area contributed by atoms with Gasteiger partial charge in [-0.25, -0.2) is 4.98 Å². The largest absolute Gasteiger partial charge is 0.339 e. The molecule has 2 aliphatic rings.